The quantitative estimate of drug-likeness (QED) is 0.636. The maximum Gasteiger partial charge on any atom is 0.175 e. The van der Waals surface area contributed by atoms with Crippen molar-refractivity contribution >= 4 is 63.5 Å². The molecule has 0 radical (unpaired) electrons. The number of halogens is 3. The van der Waals surface area contributed by atoms with Crippen LogP contribution in [0.5, 0.6) is 0 Å². The number of thiocarbonyl (C=S) groups is 1. The van der Waals surface area contributed by atoms with Crippen LogP contribution in [-0.2, 0) is 0 Å². The van der Waals surface area contributed by atoms with E-state index in [9.17, 15) is 0 Å². The Kier molecular flexibility index (Phi) is 5.33. The Bertz CT molecular complexity index is 658. The van der Waals surface area contributed by atoms with Gasteiger partial charge in [0.2, 0.25) is 0 Å². The lowest BCUT2D eigenvalue weighted by molar-refractivity contribution is 1.38. The molecule has 0 unspecified atom stereocenters. The van der Waals surface area contributed by atoms with Crippen molar-refractivity contribution in [1.82, 2.24) is 0 Å². The zero-order valence-corrected chi connectivity index (χ0v) is 14.5. The van der Waals surface area contributed by atoms with Crippen molar-refractivity contribution in [1.29, 1.82) is 0 Å². The summed E-state index contributed by atoms with van der Waals surface area (Å²) in [6.45, 7) is 3.97. The molecule has 0 saturated carbocycles. The van der Waals surface area contributed by atoms with Crippen molar-refractivity contribution in [2.75, 3.05) is 10.6 Å². The van der Waals surface area contributed by atoms with Gasteiger partial charge >= 0.3 is 0 Å². The Balaban J connectivity index is 2.15. The summed E-state index contributed by atoms with van der Waals surface area (Å²) in [6, 6.07) is 9.06. The molecule has 0 aliphatic heterocycles. The minimum absolute atomic E-state index is 0.419. The van der Waals surface area contributed by atoms with Crippen LogP contribution in [0.15, 0.2) is 30.3 Å². The lowest BCUT2D eigenvalue weighted by Gasteiger charge is -2.15. The summed E-state index contributed by atoms with van der Waals surface area (Å²) in [4.78, 5) is 0. The molecule has 0 fully saturated rings. The van der Waals surface area contributed by atoms with E-state index < -0.39 is 0 Å². The molecular weight excluding hydrogens is 347 g/mol. The van der Waals surface area contributed by atoms with Crippen LogP contribution in [0.25, 0.3) is 0 Å². The highest BCUT2D eigenvalue weighted by atomic mass is 35.5. The van der Waals surface area contributed by atoms with Gasteiger partial charge in [-0.15, -0.1) is 0 Å². The largest absolute Gasteiger partial charge is 0.332 e. The smallest absolute Gasteiger partial charge is 0.175 e. The zero-order valence-electron chi connectivity index (χ0n) is 11.4. The van der Waals surface area contributed by atoms with Crippen LogP contribution < -0.4 is 10.6 Å². The average molecular weight is 360 g/mol. The first-order valence-electron chi connectivity index (χ1n) is 6.16. The summed E-state index contributed by atoms with van der Waals surface area (Å²) in [6.07, 6.45) is 0. The van der Waals surface area contributed by atoms with Crippen LogP contribution in [0, 0.1) is 13.8 Å². The average Bonchev–Trinajstić information content (AvgIpc) is 2.32. The summed E-state index contributed by atoms with van der Waals surface area (Å²) >= 11 is 23.4. The Morgan fingerprint density at radius 3 is 2.10 bits per heavy atom. The van der Waals surface area contributed by atoms with E-state index in [1.807, 2.05) is 26.0 Å². The van der Waals surface area contributed by atoms with Crippen LogP contribution in [-0.4, -0.2) is 5.11 Å². The fourth-order valence-corrected chi connectivity index (χ4v) is 3.09. The maximum absolute atomic E-state index is 6.24. The number of hydrogen-bond acceptors (Lipinski definition) is 1. The Morgan fingerprint density at radius 1 is 0.905 bits per heavy atom. The lowest BCUT2D eigenvalue weighted by Crippen LogP contribution is -2.20. The second-order valence-corrected chi connectivity index (χ2v) is 6.36. The fraction of sp³-hybridized carbons (Fsp3) is 0.133. The molecule has 2 nitrogen and oxygen atoms in total. The first kappa shape index (κ1) is 16.4. The van der Waals surface area contributed by atoms with Gasteiger partial charge in [-0.3, -0.25) is 0 Å². The predicted molar refractivity (Wildman–Crippen MR) is 97.2 cm³/mol. The third-order valence-electron chi connectivity index (χ3n) is 2.79. The van der Waals surface area contributed by atoms with Crippen LogP contribution in [0.4, 0.5) is 11.4 Å². The Labute approximate surface area is 144 Å². The molecule has 21 heavy (non-hydrogen) atoms. The molecule has 0 aromatic heterocycles. The summed E-state index contributed by atoms with van der Waals surface area (Å²) in [5.74, 6) is 0. The normalized spacial score (nSPS) is 10.3. The van der Waals surface area contributed by atoms with E-state index in [1.54, 1.807) is 18.2 Å². The molecule has 2 aromatic rings. The second kappa shape index (κ2) is 6.84. The lowest BCUT2D eigenvalue weighted by atomic mass is 10.1. The first-order valence-corrected chi connectivity index (χ1v) is 7.70. The van der Waals surface area contributed by atoms with Gasteiger partial charge in [0.25, 0.3) is 0 Å². The molecule has 0 aliphatic rings. The highest BCUT2D eigenvalue weighted by molar-refractivity contribution is 7.80. The molecule has 2 aromatic carbocycles. The van der Waals surface area contributed by atoms with Gasteiger partial charge in [0, 0.05) is 15.7 Å². The van der Waals surface area contributed by atoms with Crippen molar-refractivity contribution in [2.45, 2.75) is 13.8 Å². The molecule has 0 atom stereocenters. The molecular formula is C15H13Cl3N2S. The summed E-state index contributed by atoms with van der Waals surface area (Å²) in [7, 11) is 0. The summed E-state index contributed by atoms with van der Waals surface area (Å²) < 4.78 is 0. The van der Waals surface area contributed by atoms with Gasteiger partial charge in [-0.25, -0.2) is 0 Å². The van der Waals surface area contributed by atoms with Gasteiger partial charge in [-0.05, 0) is 61.5 Å². The number of rotatable bonds is 2. The molecule has 2 N–H and O–H groups in total. The Morgan fingerprint density at radius 2 is 1.52 bits per heavy atom. The first-order chi connectivity index (χ1) is 9.85. The van der Waals surface area contributed by atoms with E-state index in [2.05, 4.69) is 10.6 Å². The number of benzene rings is 2. The van der Waals surface area contributed by atoms with Crippen molar-refractivity contribution in [3.8, 4) is 0 Å². The number of hydrogen-bond donors (Lipinski definition) is 2. The van der Waals surface area contributed by atoms with E-state index in [1.165, 1.54) is 0 Å². The van der Waals surface area contributed by atoms with Gasteiger partial charge in [0.05, 0.1) is 10.7 Å². The van der Waals surface area contributed by atoms with Gasteiger partial charge < -0.3 is 10.6 Å². The van der Waals surface area contributed by atoms with E-state index >= 15 is 0 Å². The van der Waals surface area contributed by atoms with Gasteiger partial charge in [-0.1, -0.05) is 40.9 Å². The van der Waals surface area contributed by atoms with Crippen LogP contribution in [0.3, 0.4) is 0 Å². The highest BCUT2D eigenvalue weighted by Crippen LogP contribution is 2.28. The maximum atomic E-state index is 6.24. The van der Waals surface area contributed by atoms with Crippen molar-refractivity contribution in [3.63, 3.8) is 0 Å². The number of anilines is 2. The number of nitrogens with one attached hydrogen (secondary N) is 2. The van der Waals surface area contributed by atoms with Crippen LogP contribution >= 0.6 is 47.0 Å². The van der Waals surface area contributed by atoms with Gasteiger partial charge in [-0.2, -0.15) is 0 Å². The third kappa shape index (κ3) is 4.48. The summed E-state index contributed by atoms with van der Waals surface area (Å²) in [5, 5.41) is 8.25. The van der Waals surface area contributed by atoms with Crippen molar-refractivity contribution in [3.05, 3.63) is 56.5 Å². The molecule has 0 amide bonds. The number of aryl methyl sites for hydroxylation is 2. The van der Waals surface area contributed by atoms with Crippen LogP contribution in [0.1, 0.15) is 11.1 Å². The molecule has 0 spiro atoms. The minimum Gasteiger partial charge on any atom is -0.332 e. The molecule has 0 bridgehead atoms. The van der Waals surface area contributed by atoms with E-state index in [0.29, 0.717) is 25.9 Å². The van der Waals surface area contributed by atoms with E-state index in [-0.39, 0.29) is 0 Å². The third-order valence-corrected chi connectivity index (χ3v) is 3.73. The van der Waals surface area contributed by atoms with Crippen molar-refractivity contribution < 1.29 is 0 Å². The van der Waals surface area contributed by atoms with Crippen molar-refractivity contribution in [2.24, 2.45) is 0 Å². The molecule has 110 valence electrons. The van der Waals surface area contributed by atoms with Gasteiger partial charge in [0.15, 0.2) is 5.11 Å². The standard InChI is InChI=1S/C15H13Cl3N2S/c1-8-3-9(2)14(13(18)4-8)20-15(21)19-12-6-10(16)5-11(17)7-12/h3-7H,1-2H3,(H2,19,20,21). The highest BCUT2D eigenvalue weighted by Gasteiger charge is 2.08. The second-order valence-electron chi connectivity index (χ2n) is 4.68. The van der Waals surface area contributed by atoms with Gasteiger partial charge in [0.1, 0.15) is 0 Å². The fourth-order valence-electron chi connectivity index (χ4n) is 1.98. The molecule has 0 saturated heterocycles. The zero-order chi connectivity index (χ0) is 15.6. The molecule has 0 heterocycles. The molecule has 6 heteroatoms. The monoisotopic (exact) mass is 358 g/mol. The van der Waals surface area contributed by atoms with E-state index in [0.717, 1.165) is 16.8 Å². The minimum atomic E-state index is 0.419. The molecule has 0 aliphatic carbocycles. The summed E-state index contributed by atoms with van der Waals surface area (Å²) in [5.41, 5.74) is 3.62. The van der Waals surface area contributed by atoms with Crippen LogP contribution in [0.2, 0.25) is 15.1 Å². The van der Waals surface area contributed by atoms with E-state index in [4.69, 9.17) is 47.0 Å². The topological polar surface area (TPSA) is 24.1 Å². The SMILES string of the molecule is Cc1cc(C)c(NC(=S)Nc2cc(Cl)cc(Cl)c2)c(Cl)c1. The Hall–Kier alpha value is -1.000. The predicted octanol–water partition coefficient (Wildman–Crippen LogP) is 6.07. The molecule has 2 rings (SSSR count).